The number of nitriles is 1. The molecule has 4 nitrogen and oxygen atoms in total. The minimum atomic E-state index is -0.0646. The summed E-state index contributed by atoms with van der Waals surface area (Å²) >= 11 is 1.62. The van der Waals surface area contributed by atoms with Gasteiger partial charge in [-0.2, -0.15) is 5.26 Å². The molecule has 2 atom stereocenters. The summed E-state index contributed by atoms with van der Waals surface area (Å²) in [6, 6.07) is 18.4. The third kappa shape index (κ3) is 5.22. The first-order valence-corrected chi connectivity index (χ1v) is 11.1. The molecular weight excluding hydrogens is 400 g/mol. The zero-order chi connectivity index (χ0) is 22.4. The van der Waals surface area contributed by atoms with E-state index in [4.69, 9.17) is 0 Å². The zero-order valence-corrected chi connectivity index (χ0v) is 19.1. The smallest absolute Gasteiger partial charge is 0.123 e. The SMILES string of the molecule is C=CC(c1ccc(CC)cc1)C(NC(=C)N(C)C)c1cnc(-c2cccc(C#N)c2)s1. The van der Waals surface area contributed by atoms with Crippen molar-refractivity contribution in [3.63, 3.8) is 0 Å². The summed E-state index contributed by atoms with van der Waals surface area (Å²) in [6.45, 7) is 10.5. The van der Waals surface area contributed by atoms with Gasteiger partial charge in [0.05, 0.1) is 23.5 Å². The third-order valence-corrected chi connectivity index (χ3v) is 6.45. The second-order valence-electron chi connectivity index (χ2n) is 7.58. The van der Waals surface area contributed by atoms with Crippen LogP contribution in [-0.2, 0) is 6.42 Å². The van der Waals surface area contributed by atoms with E-state index in [9.17, 15) is 5.26 Å². The van der Waals surface area contributed by atoms with Crippen LogP contribution in [0.15, 0.2) is 79.8 Å². The van der Waals surface area contributed by atoms with E-state index in [0.29, 0.717) is 5.56 Å². The molecule has 2 aromatic carbocycles. The van der Waals surface area contributed by atoms with Gasteiger partial charge < -0.3 is 10.2 Å². The highest BCUT2D eigenvalue weighted by atomic mass is 32.1. The molecule has 0 aliphatic heterocycles. The lowest BCUT2D eigenvalue weighted by Gasteiger charge is -2.29. The maximum atomic E-state index is 9.22. The van der Waals surface area contributed by atoms with E-state index in [-0.39, 0.29) is 12.0 Å². The molecule has 0 amide bonds. The summed E-state index contributed by atoms with van der Waals surface area (Å²) in [4.78, 5) is 7.72. The van der Waals surface area contributed by atoms with Crippen molar-refractivity contribution in [1.82, 2.24) is 15.2 Å². The Kier molecular flexibility index (Phi) is 7.28. The highest BCUT2D eigenvalue weighted by Gasteiger charge is 2.26. The predicted octanol–water partition coefficient (Wildman–Crippen LogP) is 5.88. The van der Waals surface area contributed by atoms with E-state index in [1.807, 2.05) is 49.5 Å². The topological polar surface area (TPSA) is 52.0 Å². The molecule has 158 valence electrons. The Balaban J connectivity index is 2.00. The minimum absolute atomic E-state index is 0.0429. The van der Waals surface area contributed by atoms with Crippen molar-refractivity contribution in [1.29, 1.82) is 5.26 Å². The Morgan fingerprint density at radius 3 is 2.61 bits per heavy atom. The number of nitrogens with zero attached hydrogens (tertiary/aromatic N) is 3. The van der Waals surface area contributed by atoms with Gasteiger partial charge in [-0.25, -0.2) is 4.98 Å². The number of hydrogen-bond acceptors (Lipinski definition) is 5. The van der Waals surface area contributed by atoms with Crippen molar-refractivity contribution in [3.8, 4) is 16.6 Å². The van der Waals surface area contributed by atoms with Gasteiger partial charge in [-0.15, -0.1) is 17.9 Å². The van der Waals surface area contributed by atoms with E-state index in [0.717, 1.165) is 27.7 Å². The molecule has 0 saturated carbocycles. The van der Waals surface area contributed by atoms with Crippen LogP contribution in [0.5, 0.6) is 0 Å². The number of rotatable bonds is 9. The fourth-order valence-corrected chi connectivity index (χ4v) is 4.38. The standard InChI is InChI=1S/C26H28N4S/c1-6-19-11-13-21(14-12-19)23(7-2)25(29-18(3)30(4)5)24-17-28-26(31-24)22-10-8-9-20(15-22)16-27/h7-15,17,23,25,29H,2-3,6H2,1,4-5H3. The van der Waals surface area contributed by atoms with E-state index in [1.165, 1.54) is 11.1 Å². The van der Waals surface area contributed by atoms with Crippen molar-refractivity contribution in [2.75, 3.05) is 14.1 Å². The van der Waals surface area contributed by atoms with Crippen LogP contribution in [0.25, 0.3) is 10.6 Å². The van der Waals surface area contributed by atoms with Crippen LogP contribution in [-0.4, -0.2) is 24.0 Å². The summed E-state index contributed by atoms with van der Waals surface area (Å²) in [7, 11) is 3.94. The Bertz CT molecular complexity index is 1090. The summed E-state index contributed by atoms with van der Waals surface area (Å²) in [5.74, 6) is 0.866. The van der Waals surface area contributed by atoms with Crippen molar-refractivity contribution in [3.05, 3.63) is 101 Å². The molecule has 0 saturated heterocycles. The van der Waals surface area contributed by atoms with Gasteiger partial charge in [0.15, 0.2) is 0 Å². The summed E-state index contributed by atoms with van der Waals surface area (Å²) < 4.78 is 0. The number of aromatic nitrogens is 1. The fraction of sp³-hybridized carbons (Fsp3) is 0.231. The molecule has 1 heterocycles. The largest absolute Gasteiger partial charge is 0.365 e. The van der Waals surface area contributed by atoms with E-state index in [1.54, 1.807) is 17.4 Å². The molecule has 0 spiro atoms. The van der Waals surface area contributed by atoms with Crippen LogP contribution in [0.1, 0.15) is 40.5 Å². The molecule has 3 aromatic rings. The molecular formula is C26H28N4S. The average molecular weight is 429 g/mol. The first-order valence-electron chi connectivity index (χ1n) is 10.3. The molecule has 0 bridgehead atoms. The van der Waals surface area contributed by atoms with Gasteiger partial charge in [-0.1, -0.05) is 56.0 Å². The van der Waals surface area contributed by atoms with Crippen molar-refractivity contribution >= 4 is 11.3 Å². The van der Waals surface area contributed by atoms with E-state index < -0.39 is 0 Å². The highest BCUT2D eigenvalue weighted by Crippen LogP contribution is 2.38. The van der Waals surface area contributed by atoms with Crippen molar-refractivity contribution in [2.45, 2.75) is 25.3 Å². The first-order chi connectivity index (χ1) is 15.0. The Morgan fingerprint density at radius 2 is 2.00 bits per heavy atom. The molecule has 0 radical (unpaired) electrons. The lowest BCUT2D eigenvalue weighted by molar-refractivity contribution is 0.417. The van der Waals surface area contributed by atoms with Gasteiger partial charge in [-0.05, 0) is 29.7 Å². The maximum Gasteiger partial charge on any atom is 0.123 e. The Morgan fingerprint density at radius 1 is 1.26 bits per heavy atom. The van der Waals surface area contributed by atoms with Gasteiger partial charge in [0.25, 0.3) is 0 Å². The van der Waals surface area contributed by atoms with Gasteiger partial charge in [0.2, 0.25) is 0 Å². The van der Waals surface area contributed by atoms with Crippen molar-refractivity contribution < 1.29 is 0 Å². The molecule has 5 heteroatoms. The monoisotopic (exact) mass is 428 g/mol. The maximum absolute atomic E-state index is 9.22. The lowest BCUT2D eigenvalue weighted by atomic mass is 9.90. The normalized spacial score (nSPS) is 12.5. The summed E-state index contributed by atoms with van der Waals surface area (Å²) in [5.41, 5.74) is 4.08. The van der Waals surface area contributed by atoms with Crippen LogP contribution >= 0.6 is 11.3 Å². The second kappa shape index (κ2) is 10.1. The first kappa shape index (κ1) is 22.3. The van der Waals surface area contributed by atoms with Crippen LogP contribution < -0.4 is 5.32 Å². The molecule has 31 heavy (non-hydrogen) atoms. The number of nitrogens with one attached hydrogen (secondary N) is 1. The summed E-state index contributed by atoms with van der Waals surface area (Å²) in [6.07, 6.45) is 4.91. The second-order valence-corrected chi connectivity index (χ2v) is 8.64. The zero-order valence-electron chi connectivity index (χ0n) is 18.3. The molecule has 3 rings (SSSR count). The summed E-state index contributed by atoms with van der Waals surface area (Å²) in [5, 5.41) is 13.7. The number of benzene rings is 2. The third-order valence-electron chi connectivity index (χ3n) is 5.32. The van der Waals surface area contributed by atoms with Crippen LogP contribution in [0.2, 0.25) is 0 Å². The molecule has 1 N–H and O–H groups in total. The highest BCUT2D eigenvalue weighted by molar-refractivity contribution is 7.15. The Labute approximate surface area is 189 Å². The fourth-order valence-electron chi connectivity index (χ4n) is 3.37. The van der Waals surface area contributed by atoms with Crippen LogP contribution in [0, 0.1) is 11.3 Å². The molecule has 0 fully saturated rings. The minimum Gasteiger partial charge on any atom is -0.365 e. The van der Waals surface area contributed by atoms with Crippen LogP contribution in [0.3, 0.4) is 0 Å². The molecule has 0 aliphatic rings. The van der Waals surface area contributed by atoms with Crippen LogP contribution in [0.4, 0.5) is 0 Å². The average Bonchev–Trinajstić information content (AvgIpc) is 3.29. The molecule has 1 aromatic heterocycles. The van der Waals surface area contributed by atoms with E-state index >= 15 is 0 Å². The number of aryl methyl sites for hydroxylation is 1. The van der Waals surface area contributed by atoms with Gasteiger partial charge >= 0.3 is 0 Å². The predicted molar refractivity (Wildman–Crippen MR) is 130 cm³/mol. The molecule has 0 aliphatic carbocycles. The lowest BCUT2D eigenvalue weighted by Crippen LogP contribution is -2.31. The van der Waals surface area contributed by atoms with Gasteiger partial charge in [0.1, 0.15) is 5.01 Å². The van der Waals surface area contributed by atoms with E-state index in [2.05, 4.69) is 60.7 Å². The number of thiazole rings is 1. The Hall–Kier alpha value is -3.36. The quantitative estimate of drug-likeness (QED) is 0.433. The van der Waals surface area contributed by atoms with Gasteiger partial charge in [-0.3, -0.25) is 0 Å². The number of hydrogen-bond donors (Lipinski definition) is 1. The van der Waals surface area contributed by atoms with Crippen molar-refractivity contribution in [2.24, 2.45) is 0 Å². The van der Waals surface area contributed by atoms with Gasteiger partial charge in [0, 0.05) is 36.7 Å². The molecule has 2 unspecified atom stereocenters.